The third-order valence-electron chi connectivity index (χ3n) is 5.51. The number of carbonyl (C=O) groups is 1. The Morgan fingerprint density at radius 3 is 2.57 bits per heavy atom. The van der Waals surface area contributed by atoms with E-state index in [0.717, 1.165) is 16.8 Å². The molecule has 0 bridgehead atoms. The van der Waals surface area contributed by atoms with E-state index in [-0.39, 0.29) is 12.0 Å². The molecule has 0 unspecified atom stereocenters. The molecule has 2 atom stereocenters. The van der Waals surface area contributed by atoms with E-state index in [9.17, 15) is 4.79 Å². The number of para-hydroxylation sites is 1. The predicted octanol–water partition coefficient (Wildman–Crippen LogP) is 4.64. The van der Waals surface area contributed by atoms with Crippen LogP contribution in [0.15, 0.2) is 65.9 Å². The first-order chi connectivity index (χ1) is 13.4. The molecule has 146 valence electrons. The lowest BCUT2D eigenvalue weighted by molar-refractivity contribution is -0.153. The number of carbonyl (C=O) groups excluding carboxylic acids is 1. The van der Waals surface area contributed by atoms with Crippen molar-refractivity contribution < 1.29 is 14.3 Å². The molecule has 1 amide bonds. The minimum absolute atomic E-state index is 0.0643. The summed E-state index contributed by atoms with van der Waals surface area (Å²) >= 11 is 0. The lowest BCUT2D eigenvalue weighted by Gasteiger charge is -2.39. The average Bonchev–Trinajstić information content (AvgIpc) is 2.93. The van der Waals surface area contributed by atoms with Crippen molar-refractivity contribution in [3.8, 4) is 0 Å². The van der Waals surface area contributed by atoms with Gasteiger partial charge in [-0.3, -0.25) is 4.79 Å². The first kappa shape index (κ1) is 19.1. The molecule has 0 fully saturated rings. The fourth-order valence-corrected chi connectivity index (χ4v) is 5.40. The van der Waals surface area contributed by atoms with Crippen molar-refractivity contribution in [2.45, 2.75) is 44.4 Å². The first-order valence-corrected chi connectivity index (χ1v) is 13.3. The summed E-state index contributed by atoms with van der Waals surface area (Å²) in [6.45, 7) is 7.92. The molecule has 5 heteroatoms. The normalized spacial score (nSPS) is 24.0. The Balaban J connectivity index is 1.59. The van der Waals surface area contributed by atoms with E-state index in [4.69, 9.17) is 9.47 Å². The Bertz CT molecular complexity index is 904. The molecule has 0 saturated carbocycles. The van der Waals surface area contributed by atoms with Crippen LogP contribution < -0.4 is 5.32 Å². The smallest absolute Gasteiger partial charge is 0.261 e. The van der Waals surface area contributed by atoms with E-state index >= 15 is 0 Å². The van der Waals surface area contributed by atoms with Crippen molar-refractivity contribution in [3.63, 3.8) is 0 Å². The van der Waals surface area contributed by atoms with Gasteiger partial charge in [0.25, 0.3) is 5.91 Å². The second-order valence-corrected chi connectivity index (χ2v) is 13.7. The summed E-state index contributed by atoms with van der Waals surface area (Å²) in [6, 6.07) is 18.0. The van der Waals surface area contributed by atoms with Crippen LogP contribution in [0, 0.1) is 0 Å². The van der Waals surface area contributed by atoms with Gasteiger partial charge in [0.1, 0.15) is 6.10 Å². The highest BCUT2D eigenvalue weighted by molar-refractivity contribution is 6.83. The molecule has 0 aromatic heterocycles. The summed E-state index contributed by atoms with van der Waals surface area (Å²) in [5.41, 5.74) is 1.98. The summed E-state index contributed by atoms with van der Waals surface area (Å²) in [5, 5.41) is 4.38. The third kappa shape index (κ3) is 3.57. The van der Waals surface area contributed by atoms with Crippen LogP contribution in [0.5, 0.6) is 0 Å². The van der Waals surface area contributed by atoms with E-state index in [0.29, 0.717) is 19.6 Å². The number of hydrogen-bond acceptors (Lipinski definition) is 3. The Morgan fingerprint density at radius 2 is 1.82 bits per heavy atom. The predicted molar refractivity (Wildman–Crippen MR) is 114 cm³/mol. The zero-order valence-electron chi connectivity index (χ0n) is 16.7. The quantitative estimate of drug-likeness (QED) is 0.753. The minimum atomic E-state index is -1.60. The Kier molecular flexibility index (Phi) is 4.99. The molecule has 4 rings (SSSR count). The van der Waals surface area contributed by atoms with Crippen molar-refractivity contribution in [2.24, 2.45) is 0 Å². The molecular weight excluding hydrogens is 366 g/mol. The number of nitrogens with one attached hydrogen (secondary N) is 1. The second kappa shape index (κ2) is 7.31. The summed E-state index contributed by atoms with van der Waals surface area (Å²) in [7, 11) is -1.60. The van der Waals surface area contributed by atoms with Gasteiger partial charge < -0.3 is 14.8 Å². The third-order valence-corrected chi connectivity index (χ3v) is 7.78. The van der Waals surface area contributed by atoms with Crippen molar-refractivity contribution in [1.29, 1.82) is 0 Å². The highest BCUT2D eigenvalue weighted by Gasteiger charge is 2.52. The van der Waals surface area contributed by atoms with Crippen LogP contribution in [0.25, 0.3) is 0 Å². The van der Waals surface area contributed by atoms with Crippen LogP contribution >= 0.6 is 0 Å². The molecule has 1 N–H and O–H groups in total. The number of ether oxygens (including phenoxy) is 2. The molecular formula is C23H27NO3Si. The fraction of sp³-hybridized carbons (Fsp3) is 0.348. The van der Waals surface area contributed by atoms with Gasteiger partial charge in [-0.25, -0.2) is 0 Å². The molecule has 0 radical (unpaired) electrons. The number of hydrogen-bond donors (Lipinski definition) is 1. The van der Waals surface area contributed by atoms with Gasteiger partial charge in [-0.05, 0) is 11.6 Å². The maximum Gasteiger partial charge on any atom is 0.261 e. The van der Waals surface area contributed by atoms with Crippen LogP contribution in [0.4, 0.5) is 5.69 Å². The Labute approximate surface area is 167 Å². The summed E-state index contributed by atoms with van der Waals surface area (Å²) in [4.78, 5) is 13.0. The van der Waals surface area contributed by atoms with E-state index in [1.165, 1.54) is 5.20 Å². The van der Waals surface area contributed by atoms with Gasteiger partial charge in [0.05, 0.1) is 21.3 Å². The van der Waals surface area contributed by atoms with Crippen LogP contribution in [-0.2, 0) is 26.5 Å². The minimum Gasteiger partial charge on any atom is -0.374 e. The highest BCUT2D eigenvalue weighted by Crippen LogP contribution is 2.47. The average molecular weight is 394 g/mol. The van der Waals surface area contributed by atoms with Gasteiger partial charge in [-0.1, -0.05) is 79.4 Å². The number of rotatable bonds is 5. The lowest BCUT2D eigenvalue weighted by atomic mass is 9.89. The molecule has 4 nitrogen and oxygen atoms in total. The molecule has 2 aliphatic heterocycles. The highest BCUT2D eigenvalue weighted by atomic mass is 28.3. The van der Waals surface area contributed by atoms with Crippen LogP contribution in [0.3, 0.4) is 0 Å². The maximum atomic E-state index is 13.0. The zero-order valence-corrected chi connectivity index (χ0v) is 17.7. The molecule has 2 aromatic carbocycles. The van der Waals surface area contributed by atoms with Gasteiger partial charge in [0, 0.05) is 17.7 Å². The monoisotopic (exact) mass is 393 g/mol. The standard InChI is InChI=1S/C23H27NO3Si/c1-28(2,3)19-13-18(16-26-15-17-9-5-4-6-10-17)27-23(14-19)20-11-7-8-12-21(20)24-22(23)25/h4-13,18H,14-16H2,1-3H3,(H,24,25)/t18-,23+/m0/s1. The van der Waals surface area contributed by atoms with Gasteiger partial charge in [0.15, 0.2) is 5.60 Å². The van der Waals surface area contributed by atoms with E-state index in [1.54, 1.807) is 0 Å². The molecule has 1 spiro atoms. The van der Waals surface area contributed by atoms with Gasteiger partial charge in [-0.15, -0.1) is 0 Å². The number of anilines is 1. The molecule has 2 aliphatic rings. The van der Waals surface area contributed by atoms with Crippen LogP contribution in [0.2, 0.25) is 19.6 Å². The van der Waals surface area contributed by atoms with Gasteiger partial charge >= 0.3 is 0 Å². The van der Waals surface area contributed by atoms with E-state index in [1.807, 2.05) is 54.6 Å². The fourth-order valence-electron chi connectivity index (χ4n) is 3.93. The molecule has 2 aromatic rings. The molecule has 28 heavy (non-hydrogen) atoms. The summed E-state index contributed by atoms with van der Waals surface area (Å²) < 4.78 is 12.4. The summed E-state index contributed by atoms with van der Waals surface area (Å²) in [6.07, 6.45) is 2.59. The van der Waals surface area contributed by atoms with Crippen molar-refractivity contribution in [3.05, 3.63) is 77.0 Å². The number of fused-ring (bicyclic) bond motifs is 2. The SMILES string of the molecule is C[Si](C)(C)C1=C[C@@H](COCc2ccccc2)O[C@@]2(C1)C(=O)Nc1ccccc12. The maximum absolute atomic E-state index is 13.0. The van der Waals surface area contributed by atoms with Gasteiger partial charge in [0.2, 0.25) is 0 Å². The lowest BCUT2D eigenvalue weighted by Crippen LogP contribution is -2.47. The van der Waals surface area contributed by atoms with E-state index < -0.39 is 13.7 Å². The Hall–Kier alpha value is -2.21. The van der Waals surface area contributed by atoms with Crippen LogP contribution in [0.1, 0.15) is 17.5 Å². The topological polar surface area (TPSA) is 47.6 Å². The molecule has 0 saturated heterocycles. The second-order valence-electron chi connectivity index (χ2n) is 8.60. The van der Waals surface area contributed by atoms with Crippen molar-refractivity contribution >= 4 is 19.7 Å². The summed E-state index contributed by atoms with van der Waals surface area (Å²) in [5.74, 6) is -0.0643. The zero-order chi connectivity index (χ0) is 19.8. The first-order valence-electron chi connectivity index (χ1n) is 9.80. The van der Waals surface area contributed by atoms with Gasteiger partial charge in [-0.2, -0.15) is 0 Å². The van der Waals surface area contributed by atoms with E-state index in [2.05, 4.69) is 31.0 Å². The number of benzene rings is 2. The Morgan fingerprint density at radius 1 is 1.11 bits per heavy atom. The van der Waals surface area contributed by atoms with Crippen LogP contribution in [-0.4, -0.2) is 26.7 Å². The van der Waals surface area contributed by atoms with Crippen molar-refractivity contribution in [1.82, 2.24) is 0 Å². The van der Waals surface area contributed by atoms with Crippen molar-refractivity contribution in [2.75, 3.05) is 11.9 Å². The molecule has 2 heterocycles. The number of amides is 1. The largest absolute Gasteiger partial charge is 0.374 e. The molecule has 0 aliphatic carbocycles.